The predicted molar refractivity (Wildman–Crippen MR) is 77.2 cm³/mol. The largest absolute Gasteiger partial charge is 0.341 e. The summed E-state index contributed by atoms with van der Waals surface area (Å²) in [5.41, 5.74) is 0. The molecule has 1 saturated heterocycles. The molecule has 3 rings (SSSR count). The van der Waals surface area contributed by atoms with Crippen LogP contribution in [0.4, 0.5) is 8.78 Å². The Morgan fingerprint density at radius 2 is 1.81 bits per heavy atom. The fraction of sp³-hybridized carbons (Fsp3) is 0.938. The molecule has 0 bridgehead atoms. The monoisotopic (exact) mass is 300 g/mol. The van der Waals surface area contributed by atoms with E-state index in [1.807, 2.05) is 4.90 Å². The van der Waals surface area contributed by atoms with Crippen molar-refractivity contribution in [3.8, 4) is 0 Å². The standard InChI is InChI=1S/C16H26F2N2O/c17-16(18)7-5-13(6-8-16)15(21)20(10-12-3-4-12)11-14-2-1-9-19-14/h12-14,19H,1-11H2. The maximum atomic E-state index is 13.3. The Morgan fingerprint density at radius 3 is 2.38 bits per heavy atom. The van der Waals surface area contributed by atoms with Crippen LogP contribution in [0, 0.1) is 11.8 Å². The van der Waals surface area contributed by atoms with Gasteiger partial charge in [0.25, 0.3) is 0 Å². The second kappa shape index (κ2) is 6.19. The first kappa shape index (κ1) is 15.2. The molecule has 0 aromatic carbocycles. The minimum atomic E-state index is -2.55. The van der Waals surface area contributed by atoms with Crippen LogP contribution in [-0.4, -0.2) is 42.4 Å². The quantitative estimate of drug-likeness (QED) is 0.847. The molecule has 1 atom stereocenters. The molecule has 0 aromatic heterocycles. The van der Waals surface area contributed by atoms with Crippen LogP contribution in [0.25, 0.3) is 0 Å². The van der Waals surface area contributed by atoms with E-state index in [1.54, 1.807) is 0 Å². The molecule has 2 saturated carbocycles. The minimum Gasteiger partial charge on any atom is -0.341 e. The molecule has 120 valence electrons. The van der Waals surface area contributed by atoms with Crippen LogP contribution >= 0.6 is 0 Å². The van der Waals surface area contributed by atoms with Crippen molar-refractivity contribution < 1.29 is 13.6 Å². The van der Waals surface area contributed by atoms with Gasteiger partial charge in [-0.1, -0.05) is 0 Å². The van der Waals surface area contributed by atoms with Gasteiger partial charge in [0.2, 0.25) is 11.8 Å². The van der Waals surface area contributed by atoms with Crippen LogP contribution in [0.15, 0.2) is 0 Å². The lowest BCUT2D eigenvalue weighted by Gasteiger charge is -2.33. The van der Waals surface area contributed by atoms with Crippen LogP contribution < -0.4 is 5.32 Å². The molecule has 0 spiro atoms. The molecular formula is C16H26F2N2O. The zero-order valence-corrected chi connectivity index (χ0v) is 12.6. The third-order valence-corrected chi connectivity index (χ3v) is 5.16. The highest BCUT2D eigenvalue weighted by Gasteiger charge is 2.39. The molecule has 2 aliphatic carbocycles. The Morgan fingerprint density at radius 1 is 1.10 bits per heavy atom. The fourth-order valence-corrected chi connectivity index (χ4v) is 3.59. The zero-order chi connectivity index (χ0) is 14.9. The van der Waals surface area contributed by atoms with Crippen molar-refractivity contribution in [2.75, 3.05) is 19.6 Å². The van der Waals surface area contributed by atoms with Crippen LogP contribution in [0.5, 0.6) is 0 Å². The van der Waals surface area contributed by atoms with E-state index >= 15 is 0 Å². The molecule has 1 aliphatic heterocycles. The number of carbonyl (C=O) groups excluding carboxylic acids is 1. The van der Waals surface area contributed by atoms with Crippen molar-refractivity contribution in [3.05, 3.63) is 0 Å². The first-order valence-corrected chi connectivity index (χ1v) is 8.43. The van der Waals surface area contributed by atoms with Gasteiger partial charge in [0.05, 0.1) is 0 Å². The van der Waals surface area contributed by atoms with Crippen molar-refractivity contribution in [1.82, 2.24) is 10.2 Å². The first-order chi connectivity index (χ1) is 10.0. The lowest BCUT2D eigenvalue weighted by molar-refractivity contribution is -0.140. The van der Waals surface area contributed by atoms with Crippen molar-refractivity contribution in [2.24, 2.45) is 11.8 Å². The van der Waals surface area contributed by atoms with Crippen molar-refractivity contribution in [2.45, 2.75) is 63.3 Å². The van der Waals surface area contributed by atoms with E-state index in [1.165, 1.54) is 19.3 Å². The number of hydrogen-bond donors (Lipinski definition) is 1. The van der Waals surface area contributed by atoms with Gasteiger partial charge in [0.15, 0.2) is 0 Å². The van der Waals surface area contributed by atoms with E-state index in [-0.39, 0.29) is 24.7 Å². The van der Waals surface area contributed by atoms with Crippen molar-refractivity contribution in [1.29, 1.82) is 0 Å². The molecule has 3 fully saturated rings. The summed E-state index contributed by atoms with van der Waals surface area (Å²) in [5, 5.41) is 3.44. The number of halogens is 2. The summed E-state index contributed by atoms with van der Waals surface area (Å²) in [6, 6.07) is 0.401. The van der Waals surface area contributed by atoms with Gasteiger partial charge < -0.3 is 10.2 Å². The van der Waals surface area contributed by atoms with E-state index in [0.717, 1.165) is 26.1 Å². The highest BCUT2D eigenvalue weighted by molar-refractivity contribution is 5.79. The Labute approximate surface area is 125 Å². The highest BCUT2D eigenvalue weighted by atomic mass is 19.3. The van der Waals surface area contributed by atoms with Gasteiger partial charge in [-0.2, -0.15) is 0 Å². The SMILES string of the molecule is O=C(C1CCC(F)(F)CC1)N(CC1CC1)CC1CCCN1. The Kier molecular flexibility index (Phi) is 4.48. The predicted octanol–water partition coefficient (Wildman–Crippen LogP) is 2.80. The smallest absolute Gasteiger partial charge is 0.248 e. The van der Waals surface area contributed by atoms with Gasteiger partial charge >= 0.3 is 0 Å². The Balaban J connectivity index is 1.57. The normalized spacial score (nSPS) is 29.5. The number of carbonyl (C=O) groups is 1. The number of alkyl halides is 2. The second-order valence-corrected chi connectivity index (χ2v) is 7.11. The van der Waals surface area contributed by atoms with Gasteiger partial charge in [-0.25, -0.2) is 8.78 Å². The summed E-state index contributed by atoms with van der Waals surface area (Å²) in [5.74, 6) is -1.94. The number of amides is 1. The van der Waals surface area contributed by atoms with Gasteiger partial charge in [-0.3, -0.25) is 4.79 Å². The fourth-order valence-electron chi connectivity index (χ4n) is 3.59. The second-order valence-electron chi connectivity index (χ2n) is 7.11. The Hall–Kier alpha value is -0.710. The number of nitrogens with one attached hydrogen (secondary N) is 1. The van der Waals surface area contributed by atoms with E-state index in [4.69, 9.17) is 0 Å². The van der Waals surface area contributed by atoms with E-state index in [9.17, 15) is 13.6 Å². The van der Waals surface area contributed by atoms with Crippen molar-refractivity contribution in [3.63, 3.8) is 0 Å². The van der Waals surface area contributed by atoms with Crippen LogP contribution in [-0.2, 0) is 4.79 Å². The molecule has 0 aromatic rings. The molecule has 5 heteroatoms. The molecule has 3 nitrogen and oxygen atoms in total. The average Bonchev–Trinajstić information content (AvgIpc) is 3.11. The molecule has 1 heterocycles. The zero-order valence-electron chi connectivity index (χ0n) is 12.6. The third kappa shape index (κ3) is 4.15. The maximum absolute atomic E-state index is 13.3. The van der Waals surface area contributed by atoms with Gasteiger partial charge in [0.1, 0.15) is 0 Å². The van der Waals surface area contributed by atoms with E-state index < -0.39 is 5.92 Å². The topological polar surface area (TPSA) is 32.3 Å². The number of hydrogen-bond acceptors (Lipinski definition) is 2. The minimum absolute atomic E-state index is 0.123. The molecule has 1 amide bonds. The van der Waals surface area contributed by atoms with Crippen LogP contribution in [0.1, 0.15) is 51.4 Å². The van der Waals surface area contributed by atoms with Crippen LogP contribution in [0.2, 0.25) is 0 Å². The molecule has 0 radical (unpaired) electrons. The summed E-state index contributed by atoms with van der Waals surface area (Å²) in [4.78, 5) is 14.7. The van der Waals surface area contributed by atoms with Gasteiger partial charge in [-0.05, 0) is 51.0 Å². The number of nitrogens with zero attached hydrogens (tertiary/aromatic N) is 1. The first-order valence-electron chi connectivity index (χ1n) is 8.43. The van der Waals surface area contributed by atoms with E-state index in [0.29, 0.717) is 24.8 Å². The summed E-state index contributed by atoms with van der Waals surface area (Å²) < 4.78 is 26.5. The van der Waals surface area contributed by atoms with E-state index in [2.05, 4.69) is 5.32 Å². The average molecular weight is 300 g/mol. The molecule has 21 heavy (non-hydrogen) atoms. The third-order valence-electron chi connectivity index (χ3n) is 5.16. The summed E-state index contributed by atoms with van der Waals surface area (Å²) in [6.07, 6.45) is 5.18. The van der Waals surface area contributed by atoms with Crippen molar-refractivity contribution >= 4 is 5.91 Å². The lowest BCUT2D eigenvalue weighted by Crippen LogP contribution is -2.45. The maximum Gasteiger partial charge on any atom is 0.248 e. The number of rotatable bonds is 5. The molecule has 1 N–H and O–H groups in total. The Bertz CT molecular complexity index is 368. The summed E-state index contributed by atoms with van der Waals surface area (Å²) in [6.45, 7) is 2.64. The van der Waals surface area contributed by atoms with Crippen LogP contribution in [0.3, 0.4) is 0 Å². The molecule has 1 unspecified atom stereocenters. The molecular weight excluding hydrogens is 274 g/mol. The molecule has 3 aliphatic rings. The van der Waals surface area contributed by atoms with Gasteiger partial charge in [0, 0.05) is 37.9 Å². The highest BCUT2D eigenvalue weighted by Crippen LogP contribution is 2.37. The summed E-state index contributed by atoms with van der Waals surface area (Å²) in [7, 11) is 0. The summed E-state index contributed by atoms with van der Waals surface area (Å²) >= 11 is 0. The lowest BCUT2D eigenvalue weighted by atomic mass is 9.85. The van der Waals surface area contributed by atoms with Gasteiger partial charge in [-0.15, -0.1) is 0 Å².